The molecule has 1 aromatic carbocycles. The molecule has 10 nitrogen and oxygen atoms in total. The van der Waals surface area contributed by atoms with Crippen molar-refractivity contribution in [2.45, 2.75) is 39.9 Å². The minimum atomic E-state index is -1.26. The summed E-state index contributed by atoms with van der Waals surface area (Å²) in [6.45, 7) is 8.81. The number of aromatic carboxylic acids is 1. The Labute approximate surface area is 214 Å². The van der Waals surface area contributed by atoms with Gasteiger partial charge in [-0.3, -0.25) is 9.59 Å². The van der Waals surface area contributed by atoms with Crippen molar-refractivity contribution in [3.63, 3.8) is 0 Å². The third-order valence-corrected chi connectivity index (χ3v) is 5.71. The Morgan fingerprint density at radius 1 is 1.14 bits per heavy atom. The van der Waals surface area contributed by atoms with Crippen LogP contribution in [0.5, 0.6) is 5.75 Å². The number of carboxylic acid groups (broad SMARTS) is 1. The summed E-state index contributed by atoms with van der Waals surface area (Å²) in [4.78, 5) is 54.1. The van der Waals surface area contributed by atoms with Crippen LogP contribution in [0.2, 0.25) is 0 Å². The second kappa shape index (κ2) is 11.7. The van der Waals surface area contributed by atoms with Crippen LogP contribution in [0.15, 0.2) is 30.8 Å². The van der Waals surface area contributed by atoms with Crippen molar-refractivity contribution in [2.75, 3.05) is 13.7 Å². The third-order valence-electron chi connectivity index (χ3n) is 5.71. The number of carbonyl (C=O) groups is 4. The lowest BCUT2D eigenvalue weighted by Crippen LogP contribution is -2.28. The van der Waals surface area contributed by atoms with E-state index in [0.717, 1.165) is 12.8 Å². The predicted octanol–water partition coefficient (Wildman–Crippen LogP) is 3.94. The van der Waals surface area contributed by atoms with Crippen molar-refractivity contribution in [3.05, 3.63) is 53.4 Å². The first-order chi connectivity index (χ1) is 17.5. The lowest BCUT2D eigenvalue weighted by Gasteiger charge is -2.18. The number of pyridine rings is 1. The maximum atomic E-state index is 13.2. The highest BCUT2D eigenvalue weighted by molar-refractivity contribution is 6.04. The van der Waals surface area contributed by atoms with E-state index in [1.807, 2.05) is 0 Å². The van der Waals surface area contributed by atoms with Gasteiger partial charge in [-0.1, -0.05) is 26.5 Å². The average molecular weight is 511 g/mol. The van der Waals surface area contributed by atoms with Gasteiger partial charge in [0.05, 0.1) is 18.6 Å². The summed E-state index contributed by atoms with van der Waals surface area (Å²) in [6, 6.07) is 5.64. The van der Waals surface area contributed by atoms with Gasteiger partial charge in [-0.05, 0) is 43.0 Å². The van der Waals surface area contributed by atoms with Gasteiger partial charge >= 0.3 is 17.9 Å². The van der Waals surface area contributed by atoms with Crippen LogP contribution in [-0.4, -0.2) is 53.9 Å². The number of hydrogen-bond donors (Lipinski definition) is 2. The Morgan fingerprint density at radius 3 is 2.41 bits per heavy atom. The second-order valence-electron chi connectivity index (χ2n) is 8.96. The molecule has 0 aliphatic heterocycles. The number of ether oxygens (including phenoxy) is 3. The predicted molar refractivity (Wildman–Crippen MR) is 134 cm³/mol. The quantitative estimate of drug-likeness (QED) is 0.340. The zero-order valence-corrected chi connectivity index (χ0v) is 21.2. The summed E-state index contributed by atoms with van der Waals surface area (Å²) >= 11 is 0. The van der Waals surface area contributed by atoms with Crippen LogP contribution in [-0.2, 0) is 14.3 Å². The first kappa shape index (κ1) is 27.4. The van der Waals surface area contributed by atoms with E-state index in [9.17, 15) is 24.3 Å². The SMILES string of the molecule is C=Cc1cc(C(=O)O)c(-c2ccc(C(=O)NCC3CC3)nc2C(=O)OC(C)OC(=O)C(C)C)cc1OC. The molecule has 0 saturated heterocycles. The molecule has 1 aliphatic carbocycles. The molecule has 3 rings (SSSR count). The van der Waals surface area contributed by atoms with E-state index >= 15 is 0 Å². The van der Waals surface area contributed by atoms with Crippen LogP contribution in [0.3, 0.4) is 0 Å². The molecular formula is C27H30N2O8. The monoisotopic (exact) mass is 510 g/mol. The Balaban J connectivity index is 2.07. The number of carbonyl (C=O) groups excluding carboxylic acids is 3. The van der Waals surface area contributed by atoms with E-state index in [-0.39, 0.29) is 28.1 Å². The van der Waals surface area contributed by atoms with Gasteiger partial charge in [0.1, 0.15) is 11.4 Å². The molecule has 10 heteroatoms. The van der Waals surface area contributed by atoms with E-state index in [1.54, 1.807) is 13.8 Å². The Hall–Kier alpha value is -4.21. The number of amides is 1. The molecule has 1 aromatic heterocycles. The smallest absolute Gasteiger partial charge is 0.360 e. The normalized spacial score (nSPS) is 13.4. The summed E-state index contributed by atoms with van der Waals surface area (Å²) in [5.41, 5.74) is 0.142. The Bertz CT molecular complexity index is 1230. The first-order valence-corrected chi connectivity index (χ1v) is 11.8. The van der Waals surface area contributed by atoms with Gasteiger partial charge in [0.15, 0.2) is 5.69 Å². The van der Waals surface area contributed by atoms with Crippen molar-refractivity contribution in [2.24, 2.45) is 11.8 Å². The molecule has 37 heavy (non-hydrogen) atoms. The van der Waals surface area contributed by atoms with Crippen molar-refractivity contribution >= 4 is 29.9 Å². The number of hydrogen-bond acceptors (Lipinski definition) is 8. The van der Waals surface area contributed by atoms with Crippen molar-refractivity contribution in [3.8, 4) is 16.9 Å². The molecule has 1 amide bonds. The molecule has 1 unspecified atom stereocenters. The van der Waals surface area contributed by atoms with Crippen molar-refractivity contribution in [1.29, 1.82) is 0 Å². The summed E-state index contributed by atoms with van der Waals surface area (Å²) in [7, 11) is 1.41. The molecule has 0 spiro atoms. The zero-order valence-electron chi connectivity index (χ0n) is 21.2. The van der Waals surface area contributed by atoms with Gasteiger partial charge < -0.3 is 24.6 Å². The van der Waals surface area contributed by atoms with Gasteiger partial charge in [-0.2, -0.15) is 0 Å². The highest BCUT2D eigenvalue weighted by atomic mass is 16.7. The maximum Gasteiger partial charge on any atom is 0.360 e. The minimum absolute atomic E-state index is 0.0465. The van der Waals surface area contributed by atoms with Gasteiger partial charge in [0.2, 0.25) is 6.29 Å². The Morgan fingerprint density at radius 2 is 1.84 bits per heavy atom. The van der Waals surface area contributed by atoms with E-state index in [0.29, 0.717) is 23.8 Å². The fourth-order valence-corrected chi connectivity index (χ4v) is 3.47. The van der Waals surface area contributed by atoms with Gasteiger partial charge in [0.25, 0.3) is 5.91 Å². The van der Waals surface area contributed by atoms with Gasteiger partial charge in [-0.15, -0.1) is 0 Å². The summed E-state index contributed by atoms with van der Waals surface area (Å²) in [5, 5.41) is 12.7. The van der Waals surface area contributed by atoms with Crippen LogP contribution in [0.4, 0.5) is 0 Å². The molecule has 0 radical (unpaired) electrons. The molecular weight excluding hydrogens is 480 g/mol. The molecule has 0 bridgehead atoms. The van der Waals surface area contributed by atoms with Crippen molar-refractivity contribution < 1.29 is 38.5 Å². The fraction of sp³-hybridized carbons (Fsp3) is 0.370. The lowest BCUT2D eigenvalue weighted by molar-refractivity contribution is -0.169. The molecule has 1 fully saturated rings. The van der Waals surface area contributed by atoms with Crippen LogP contribution < -0.4 is 10.1 Å². The van der Waals surface area contributed by atoms with E-state index in [1.165, 1.54) is 44.4 Å². The molecule has 1 atom stereocenters. The van der Waals surface area contributed by atoms with Crippen LogP contribution in [0.1, 0.15) is 70.5 Å². The third kappa shape index (κ3) is 6.72. The molecule has 2 aromatic rings. The van der Waals surface area contributed by atoms with E-state index < -0.39 is 36.0 Å². The standard InChI is InChI=1S/C27H30N2O8/c1-6-17-11-20(25(31)32)19(12-22(17)35-5)18-9-10-21(24(30)28-13-16-7-8-16)29-23(18)27(34)37-15(4)36-26(33)14(2)3/h6,9-12,14-16H,1,7-8,13H2,2-5H3,(H,28,30)(H,31,32). The largest absolute Gasteiger partial charge is 0.496 e. The Kier molecular flexibility index (Phi) is 8.65. The molecule has 196 valence electrons. The number of nitrogens with zero attached hydrogens (tertiary/aromatic N) is 1. The summed E-state index contributed by atoms with van der Waals surface area (Å²) in [6.07, 6.45) is 2.27. The second-order valence-corrected chi connectivity index (χ2v) is 8.96. The number of esters is 2. The van der Waals surface area contributed by atoms with Crippen LogP contribution in [0, 0.1) is 11.8 Å². The number of nitrogens with one attached hydrogen (secondary N) is 1. The fourth-order valence-electron chi connectivity index (χ4n) is 3.47. The number of carboxylic acids is 1. The minimum Gasteiger partial charge on any atom is -0.496 e. The van der Waals surface area contributed by atoms with Crippen LogP contribution in [0.25, 0.3) is 17.2 Å². The van der Waals surface area contributed by atoms with E-state index in [2.05, 4.69) is 16.9 Å². The number of aromatic nitrogens is 1. The highest BCUT2D eigenvalue weighted by Crippen LogP contribution is 2.34. The first-order valence-electron chi connectivity index (χ1n) is 11.8. The number of methoxy groups -OCH3 is 1. The van der Waals surface area contributed by atoms with Gasteiger partial charge in [0, 0.05) is 30.2 Å². The van der Waals surface area contributed by atoms with Crippen LogP contribution >= 0.6 is 0 Å². The molecule has 2 N–H and O–H groups in total. The highest BCUT2D eigenvalue weighted by Gasteiger charge is 2.27. The zero-order chi connectivity index (χ0) is 27.3. The van der Waals surface area contributed by atoms with E-state index in [4.69, 9.17) is 14.2 Å². The lowest BCUT2D eigenvalue weighted by atomic mass is 9.95. The topological polar surface area (TPSA) is 141 Å². The molecule has 1 heterocycles. The summed E-state index contributed by atoms with van der Waals surface area (Å²) in [5.74, 6) is -3.01. The van der Waals surface area contributed by atoms with Gasteiger partial charge in [-0.25, -0.2) is 14.6 Å². The summed E-state index contributed by atoms with van der Waals surface area (Å²) < 4.78 is 15.8. The number of rotatable bonds is 11. The van der Waals surface area contributed by atoms with Crippen molar-refractivity contribution in [1.82, 2.24) is 10.3 Å². The average Bonchev–Trinajstić information content (AvgIpc) is 3.70. The maximum absolute atomic E-state index is 13.2. The number of benzene rings is 1. The molecule has 1 saturated carbocycles. The molecule has 1 aliphatic rings.